The molecule has 0 radical (unpaired) electrons. The third kappa shape index (κ3) is 0.866. The van der Waals surface area contributed by atoms with Crippen molar-refractivity contribution in [1.82, 2.24) is 10.5 Å². The summed E-state index contributed by atoms with van der Waals surface area (Å²) in [6, 6.07) is 0. The first-order chi connectivity index (χ1) is 3.43. The van der Waals surface area contributed by atoms with Gasteiger partial charge in [-0.25, -0.2) is 5.43 Å². The Labute approximate surface area is 41.4 Å². The van der Waals surface area contributed by atoms with Gasteiger partial charge in [-0.15, -0.1) is 4.91 Å². The van der Waals surface area contributed by atoms with Crippen molar-refractivity contribution in [3.8, 4) is 0 Å². The molecule has 1 fully saturated rings. The fourth-order valence-corrected chi connectivity index (χ4v) is 0.586. The van der Waals surface area contributed by atoms with Crippen LogP contribution >= 0.6 is 0 Å². The topological polar surface area (TPSA) is 44.7 Å². The normalized spacial score (nSPS) is 20.3. The number of nitrogens with zero attached hydrogens (tertiary/aromatic N) is 2. The molecular formula is C3H7N3O. The van der Waals surface area contributed by atoms with E-state index in [0.717, 1.165) is 19.5 Å². The van der Waals surface area contributed by atoms with Crippen molar-refractivity contribution in [2.75, 3.05) is 13.1 Å². The van der Waals surface area contributed by atoms with Crippen LogP contribution in [0.1, 0.15) is 6.42 Å². The lowest BCUT2D eigenvalue weighted by Gasteiger charge is -2.01. The van der Waals surface area contributed by atoms with E-state index in [4.69, 9.17) is 0 Å². The van der Waals surface area contributed by atoms with Crippen molar-refractivity contribution in [2.24, 2.45) is 5.29 Å². The summed E-state index contributed by atoms with van der Waals surface area (Å²) >= 11 is 0. The van der Waals surface area contributed by atoms with Crippen molar-refractivity contribution >= 4 is 0 Å². The van der Waals surface area contributed by atoms with Gasteiger partial charge in [0.05, 0.1) is 11.8 Å². The molecule has 0 atom stereocenters. The second-order valence-corrected chi connectivity index (χ2v) is 1.47. The Morgan fingerprint density at radius 1 is 1.71 bits per heavy atom. The fraction of sp³-hybridized carbons (Fsp3) is 1.00. The summed E-state index contributed by atoms with van der Waals surface area (Å²) < 4.78 is 0. The van der Waals surface area contributed by atoms with Gasteiger partial charge in [0.25, 0.3) is 0 Å². The van der Waals surface area contributed by atoms with Gasteiger partial charge < -0.3 is 0 Å². The van der Waals surface area contributed by atoms with E-state index in [0.29, 0.717) is 0 Å². The molecule has 40 valence electrons. The van der Waals surface area contributed by atoms with E-state index in [1.54, 1.807) is 0 Å². The number of hydrogen-bond donors (Lipinski definition) is 1. The molecule has 0 aromatic heterocycles. The molecule has 0 unspecified atom stereocenters. The highest BCUT2D eigenvalue weighted by molar-refractivity contribution is 4.55. The van der Waals surface area contributed by atoms with Crippen molar-refractivity contribution in [1.29, 1.82) is 0 Å². The van der Waals surface area contributed by atoms with Gasteiger partial charge in [-0.1, -0.05) is 0 Å². The number of rotatable bonds is 1. The van der Waals surface area contributed by atoms with E-state index in [9.17, 15) is 4.91 Å². The zero-order valence-electron chi connectivity index (χ0n) is 3.92. The zero-order chi connectivity index (χ0) is 5.11. The molecule has 0 saturated carbocycles. The number of nitroso groups, excluding NO2 is 1. The third-order valence-electron chi connectivity index (χ3n) is 0.940. The average molecular weight is 101 g/mol. The van der Waals surface area contributed by atoms with Gasteiger partial charge in [-0.2, -0.15) is 5.12 Å². The van der Waals surface area contributed by atoms with Gasteiger partial charge in [0.2, 0.25) is 0 Å². The first-order valence-corrected chi connectivity index (χ1v) is 2.28. The van der Waals surface area contributed by atoms with Crippen molar-refractivity contribution in [3.63, 3.8) is 0 Å². The smallest absolute Gasteiger partial charge is 0.0684 e. The lowest BCUT2D eigenvalue weighted by Crippen LogP contribution is -2.23. The first kappa shape index (κ1) is 4.52. The zero-order valence-corrected chi connectivity index (χ0v) is 3.92. The maximum Gasteiger partial charge on any atom is 0.0684 e. The van der Waals surface area contributed by atoms with E-state index in [1.165, 1.54) is 5.12 Å². The highest BCUT2D eigenvalue weighted by Crippen LogP contribution is 1.93. The molecule has 1 aliphatic rings. The highest BCUT2D eigenvalue weighted by Gasteiger charge is 2.06. The van der Waals surface area contributed by atoms with E-state index >= 15 is 0 Å². The van der Waals surface area contributed by atoms with E-state index in [2.05, 4.69) is 10.7 Å². The summed E-state index contributed by atoms with van der Waals surface area (Å²) in [7, 11) is 0. The maximum absolute atomic E-state index is 9.62. The summed E-state index contributed by atoms with van der Waals surface area (Å²) in [5, 5.41) is 3.97. The molecule has 1 saturated heterocycles. The number of hydrazine groups is 1. The Morgan fingerprint density at radius 3 is 2.86 bits per heavy atom. The predicted molar refractivity (Wildman–Crippen MR) is 25.1 cm³/mol. The van der Waals surface area contributed by atoms with Crippen LogP contribution < -0.4 is 5.43 Å². The van der Waals surface area contributed by atoms with Crippen LogP contribution in [0.4, 0.5) is 0 Å². The SMILES string of the molecule is O=NN1CCCN1. The van der Waals surface area contributed by atoms with Crippen LogP contribution in [-0.2, 0) is 0 Å². The highest BCUT2D eigenvalue weighted by atomic mass is 16.3. The van der Waals surface area contributed by atoms with Gasteiger partial charge in [-0.3, -0.25) is 0 Å². The van der Waals surface area contributed by atoms with Gasteiger partial charge in [0, 0.05) is 6.54 Å². The molecule has 1 N–H and O–H groups in total. The molecule has 0 aliphatic carbocycles. The largest absolute Gasteiger partial charge is 0.215 e. The number of nitrogens with one attached hydrogen (secondary N) is 1. The standard InChI is InChI=1S/C3H7N3O/c7-5-6-3-1-2-4-6/h4H,1-3H2. The van der Waals surface area contributed by atoms with Crippen LogP contribution in [0.3, 0.4) is 0 Å². The second kappa shape index (κ2) is 1.88. The third-order valence-corrected chi connectivity index (χ3v) is 0.940. The molecule has 1 aliphatic heterocycles. The quantitative estimate of drug-likeness (QED) is 0.468. The van der Waals surface area contributed by atoms with Crippen molar-refractivity contribution in [2.45, 2.75) is 6.42 Å². The Balaban J connectivity index is 2.26. The van der Waals surface area contributed by atoms with E-state index < -0.39 is 0 Å². The monoisotopic (exact) mass is 101 g/mol. The molecule has 0 amide bonds. The minimum Gasteiger partial charge on any atom is -0.215 e. The molecule has 7 heavy (non-hydrogen) atoms. The van der Waals surface area contributed by atoms with Gasteiger partial charge in [-0.05, 0) is 6.42 Å². The van der Waals surface area contributed by atoms with Gasteiger partial charge >= 0.3 is 0 Å². The fourth-order valence-electron chi connectivity index (χ4n) is 0.586. The molecule has 0 spiro atoms. The van der Waals surface area contributed by atoms with E-state index in [-0.39, 0.29) is 0 Å². The first-order valence-electron chi connectivity index (χ1n) is 2.28. The van der Waals surface area contributed by atoms with Crippen LogP contribution in [-0.4, -0.2) is 18.2 Å². The lowest BCUT2D eigenvalue weighted by molar-refractivity contribution is 0.263. The van der Waals surface area contributed by atoms with Crippen LogP contribution in [0.5, 0.6) is 0 Å². The molecule has 1 rings (SSSR count). The van der Waals surface area contributed by atoms with Crippen LogP contribution in [0.2, 0.25) is 0 Å². The van der Waals surface area contributed by atoms with Crippen LogP contribution in [0.15, 0.2) is 5.29 Å². The van der Waals surface area contributed by atoms with Gasteiger partial charge in [0.15, 0.2) is 0 Å². The summed E-state index contributed by atoms with van der Waals surface area (Å²) in [4.78, 5) is 9.62. The minimum atomic E-state index is 0.753. The molecule has 0 aromatic carbocycles. The predicted octanol–water partition coefficient (Wildman–Crippen LogP) is -0.122. The van der Waals surface area contributed by atoms with Gasteiger partial charge in [0.1, 0.15) is 0 Å². The van der Waals surface area contributed by atoms with Crippen molar-refractivity contribution in [3.05, 3.63) is 4.91 Å². The molecular weight excluding hydrogens is 94.1 g/mol. The van der Waals surface area contributed by atoms with Crippen molar-refractivity contribution < 1.29 is 0 Å². The summed E-state index contributed by atoms with van der Waals surface area (Å²) in [5.74, 6) is 0. The Kier molecular flexibility index (Phi) is 1.21. The number of hydrogen-bond acceptors (Lipinski definition) is 3. The summed E-state index contributed by atoms with van der Waals surface area (Å²) in [5.41, 5.74) is 2.76. The summed E-state index contributed by atoms with van der Waals surface area (Å²) in [6.07, 6.45) is 1.02. The second-order valence-electron chi connectivity index (χ2n) is 1.47. The lowest BCUT2D eigenvalue weighted by atomic mass is 10.5. The maximum atomic E-state index is 9.62. The molecule has 0 aromatic rings. The Morgan fingerprint density at radius 2 is 2.57 bits per heavy atom. The summed E-state index contributed by atoms with van der Waals surface area (Å²) in [6.45, 7) is 1.63. The van der Waals surface area contributed by atoms with Crippen LogP contribution in [0.25, 0.3) is 0 Å². The molecule has 4 heteroatoms. The molecule has 4 nitrogen and oxygen atoms in total. The molecule has 1 heterocycles. The Bertz CT molecular complexity index is 68.6. The average Bonchev–Trinajstić information content (AvgIpc) is 2.14. The molecule has 0 bridgehead atoms. The Hall–Kier alpha value is -0.640. The minimum absolute atomic E-state index is 0.753. The van der Waals surface area contributed by atoms with Crippen LogP contribution in [0, 0.1) is 4.91 Å². The van der Waals surface area contributed by atoms with E-state index in [1.807, 2.05) is 0 Å².